The van der Waals surface area contributed by atoms with Gasteiger partial charge in [-0.25, -0.2) is 0 Å². The van der Waals surface area contributed by atoms with E-state index in [4.69, 9.17) is 0 Å². The van der Waals surface area contributed by atoms with Crippen LogP contribution in [0, 0.1) is 13.8 Å². The van der Waals surface area contributed by atoms with Gasteiger partial charge in [0.1, 0.15) is 0 Å². The first-order valence-corrected chi connectivity index (χ1v) is 5.90. The minimum atomic E-state index is -0.396. The highest BCUT2D eigenvalue weighted by Gasteiger charge is 2.31. The number of hydrogen-bond donors (Lipinski definition) is 0. The summed E-state index contributed by atoms with van der Waals surface area (Å²) < 4.78 is 0. The fraction of sp³-hybridized carbons (Fsp3) is 0.125. The number of carbonyl (C=O) groups is 2. The van der Waals surface area contributed by atoms with Gasteiger partial charge in [-0.2, -0.15) is 0 Å². The molecule has 0 spiro atoms. The van der Waals surface area contributed by atoms with Crippen LogP contribution in [0.2, 0.25) is 0 Å². The largest absolute Gasteiger partial charge is 0.285 e. The minimum Gasteiger partial charge on any atom is -0.285 e. The molecule has 3 rings (SSSR count). The zero-order valence-electron chi connectivity index (χ0n) is 10.3. The number of rotatable bonds is 0. The van der Waals surface area contributed by atoms with Crippen LogP contribution in [0.4, 0.5) is 0 Å². The predicted octanol–water partition coefficient (Wildman–Crippen LogP) is 3.35. The summed E-state index contributed by atoms with van der Waals surface area (Å²) >= 11 is 0. The SMILES string of the molecule is Cc1cccc2c1-c1c(C)cccc1C(=O)C2=O. The van der Waals surface area contributed by atoms with Crippen molar-refractivity contribution in [2.45, 2.75) is 13.8 Å². The van der Waals surface area contributed by atoms with Crippen LogP contribution in [-0.2, 0) is 0 Å². The first-order valence-electron chi connectivity index (χ1n) is 5.90. The van der Waals surface area contributed by atoms with Crippen molar-refractivity contribution in [1.82, 2.24) is 0 Å². The first-order chi connectivity index (χ1) is 8.61. The van der Waals surface area contributed by atoms with Crippen molar-refractivity contribution < 1.29 is 9.59 Å². The maximum Gasteiger partial charge on any atom is 0.234 e. The molecule has 0 heterocycles. The number of fused-ring (bicyclic) bond motifs is 3. The van der Waals surface area contributed by atoms with E-state index in [1.165, 1.54) is 0 Å². The van der Waals surface area contributed by atoms with Gasteiger partial charge < -0.3 is 0 Å². The van der Waals surface area contributed by atoms with E-state index in [0.29, 0.717) is 11.1 Å². The van der Waals surface area contributed by atoms with Crippen LogP contribution in [0.5, 0.6) is 0 Å². The highest BCUT2D eigenvalue weighted by molar-refractivity contribution is 6.53. The standard InChI is InChI=1S/C16H12O2/c1-9-5-3-7-11-13(9)14-10(2)6-4-8-12(14)16(18)15(11)17/h3-8H,1-2H3. The van der Waals surface area contributed by atoms with Gasteiger partial charge in [0, 0.05) is 11.1 Å². The number of hydrogen-bond acceptors (Lipinski definition) is 2. The second-order valence-electron chi connectivity index (χ2n) is 4.65. The lowest BCUT2D eigenvalue weighted by Crippen LogP contribution is -2.22. The Morgan fingerprint density at radius 3 is 1.44 bits per heavy atom. The molecule has 0 radical (unpaired) electrons. The van der Waals surface area contributed by atoms with Crippen LogP contribution < -0.4 is 0 Å². The van der Waals surface area contributed by atoms with Crippen molar-refractivity contribution in [3.05, 3.63) is 58.7 Å². The van der Waals surface area contributed by atoms with E-state index < -0.39 is 11.6 Å². The molecule has 2 nitrogen and oxygen atoms in total. The summed E-state index contributed by atoms with van der Waals surface area (Å²) in [4.78, 5) is 24.2. The molecule has 0 atom stereocenters. The van der Waals surface area contributed by atoms with E-state index in [-0.39, 0.29) is 0 Å². The van der Waals surface area contributed by atoms with Gasteiger partial charge in [-0.3, -0.25) is 9.59 Å². The van der Waals surface area contributed by atoms with Crippen LogP contribution >= 0.6 is 0 Å². The third-order valence-corrected chi connectivity index (χ3v) is 3.49. The smallest absolute Gasteiger partial charge is 0.234 e. The summed E-state index contributed by atoms with van der Waals surface area (Å²) in [5, 5.41) is 0. The molecule has 0 aromatic heterocycles. The lowest BCUT2D eigenvalue weighted by molar-refractivity contribution is 0.0815. The molecule has 0 aliphatic heterocycles. The topological polar surface area (TPSA) is 34.1 Å². The predicted molar refractivity (Wildman–Crippen MR) is 70.0 cm³/mol. The summed E-state index contributed by atoms with van der Waals surface area (Å²) in [5.74, 6) is -0.793. The van der Waals surface area contributed by atoms with E-state index in [1.807, 2.05) is 38.1 Å². The second-order valence-corrected chi connectivity index (χ2v) is 4.65. The molecule has 18 heavy (non-hydrogen) atoms. The van der Waals surface area contributed by atoms with Gasteiger partial charge in [-0.15, -0.1) is 0 Å². The van der Waals surface area contributed by atoms with E-state index in [9.17, 15) is 9.59 Å². The molecule has 1 aliphatic carbocycles. The van der Waals surface area contributed by atoms with Crippen molar-refractivity contribution in [2.75, 3.05) is 0 Å². The van der Waals surface area contributed by atoms with Gasteiger partial charge in [-0.05, 0) is 36.1 Å². The van der Waals surface area contributed by atoms with Gasteiger partial charge in [0.2, 0.25) is 11.6 Å². The molecule has 2 aromatic rings. The van der Waals surface area contributed by atoms with E-state index in [1.54, 1.807) is 12.1 Å². The molecule has 88 valence electrons. The third-order valence-electron chi connectivity index (χ3n) is 3.49. The second kappa shape index (κ2) is 3.64. The van der Waals surface area contributed by atoms with E-state index in [2.05, 4.69) is 0 Å². The Morgan fingerprint density at radius 1 is 0.667 bits per heavy atom. The zero-order valence-corrected chi connectivity index (χ0v) is 10.3. The normalized spacial score (nSPS) is 13.2. The van der Waals surface area contributed by atoms with E-state index in [0.717, 1.165) is 22.3 Å². The molecular formula is C16H12O2. The Balaban J connectivity index is 2.49. The van der Waals surface area contributed by atoms with Crippen molar-refractivity contribution >= 4 is 11.6 Å². The molecule has 2 aromatic carbocycles. The van der Waals surface area contributed by atoms with Crippen LogP contribution in [-0.4, -0.2) is 11.6 Å². The minimum absolute atomic E-state index is 0.396. The summed E-state index contributed by atoms with van der Waals surface area (Å²) in [6.45, 7) is 3.94. The van der Waals surface area contributed by atoms with Gasteiger partial charge in [0.25, 0.3) is 0 Å². The molecule has 0 unspecified atom stereocenters. The maximum absolute atomic E-state index is 12.1. The average Bonchev–Trinajstić information content (AvgIpc) is 2.36. The maximum atomic E-state index is 12.1. The highest BCUT2D eigenvalue weighted by Crippen LogP contribution is 2.37. The lowest BCUT2D eigenvalue weighted by Gasteiger charge is -2.21. The number of aryl methyl sites for hydroxylation is 2. The van der Waals surface area contributed by atoms with Crippen molar-refractivity contribution in [1.29, 1.82) is 0 Å². The number of carbonyl (C=O) groups excluding carboxylic acids is 2. The van der Waals surface area contributed by atoms with Gasteiger partial charge in [-0.1, -0.05) is 36.4 Å². The Morgan fingerprint density at radius 2 is 1.06 bits per heavy atom. The van der Waals surface area contributed by atoms with Crippen molar-refractivity contribution in [3.63, 3.8) is 0 Å². The molecule has 0 saturated carbocycles. The monoisotopic (exact) mass is 236 g/mol. The Kier molecular flexibility index (Phi) is 2.20. The third kappa shape index (κ3) is 1.29. The number of benzene rings is 2. The first kappa shape index (κ1) is 10.9. The van der Waals surface area contributed by atoms with Gasteiger partial charge in [0.15, 0.2) is 0 Å². The molecule has 0 saturated heterocycles. The Bertz CT molecular complexity index is 635. The van der Waals surface area contributed by atoms with Gasteiger partial charge in [0.05, 0.1) is 0 Å². The molecule has 1 aliphatic rings. The Labute approximate surface area is 105 Å². The number of Topliss-reactive ketones (excluding diaryl/α,β-unsaturated/α-hetero) is 2. The summed E-state index contributed by atoms with van der Waals surface area (Å²) in [5.41, 5.74) is 4.95. The van der Waals surface area contributed by atoms with Crippen molar-refractivity contribution in [2.24, 2.45) is 0 Å². The Hall–Kier alpha value is -2.22. The molecule has 0 bridgehead atoms. The summed E-state index contributed by atoms with van der Waals surface area (Å²) in [7, 11) is 0. The van der Waals surface area contributed by atoms with Gasteiger partial charge >= 0.3 is 0 Å². The summed E-state index contributed by atoms with van der Waals surface area (Å²) in [6.07, 6.45) is 0. The van der Waals surface area contributed by atoms with Crippen LogP contribution in [0.3, 0.4) is 0 Å². The average molecular weight is 236 g/mol. The van der Waals surface area contributed by atoms with Crippen molar-refractivity contribution in [3.8, 4) is 11.1 Å². The quantitative estimate of drug-likeness (QED) is 0.657. The summed E-state index contributed by atoms with van der Waals surface area (Å²) in [6, 6.07) is 11.1. The molecule has 0 N–H and O–H groups in total. The van der Waals surface area contributed by atoms with E-state index >= 15 is 0 Å². The molecule has 2 heteroatoms. The fourth-order valence-electron chi connectivity index (χ4n) is 2.62. The highest BCUT2D eigenvalue weighted by atomic mass is 16.2. The van der Waals surface area contributed by atoms with Crippen LogP contribution in [0.15, 0.2) is 36.4 Å². The molecular weight excluding hydrogens is 224 g/mol. The molecule has 0 fully saturated rings. The fourth-order valence-corrected chi connectivity index (χ4v) is 2.62. The lowest BCUT2D eigenvalue weighted by atomic mass is 9.80. The number of ketones is 2. The van der Waals surface area contributed by atoms with Crippen LogP contribution in [0.25, 0.3) is 11.1 Å². The van der Waals surface area contributed by atoms with Crippen LogP contribution in [0.1, 0.15) is 31.8 Å². The molecule has 0 amide bonds. The zero-order chi connectivity index (χ0) is 12.9.